The smallest absolute Gasteiger partial charge is 0.271 e. The summed E-state index contributed by atoms with van der Waals surface area (Å²) in [6, 6.07) is 8.13. The number of carbonyl (C=O) groups excluding carboxylic acids is 1. The molecule has 0 spiro atoms. The molecular formula is C16H17ClN4O. The van der Waals surface area contributed by atoms with Crippen molar-refractivity contribution in [3.63, 3.8) is 0 Å². The van der Waals surface area contributed by atoms with Gasteiger partial charge in [-0.05, 0) is 37.0 Å². The van der Waals surface area contributed by atoms with E-state index in [1.165, 1.54) is 19.0 Å². The molecule has 2 aromatic rings. The summed E-state index contributed by atoms with van der Waals surface area (Å²) in [7, 11) is 0. The van der Waals surface area contributed by atoms with Gasteiger partial charge in [-0.3, -0.25) is 4.79 Å². The van der Waals surface area contributed by atoms with E-state index in [4.69, 9.17) is 11.6 Å². The summed E-state index contributed by atoms with van der Waals surface area (Å²) in [5.74, 6) is 0.505. The molecule has 0 aliphatic heterocycles. The molecule has 1 saturated carbocycles. The predicted octanol–water partition coefficient (Wildman–Crippen LogP) is 2.68. The van der Waals surface area contributed by atoms with Crippen molar-refractivity contribution < 1.29 is 4.79 Å². The van der Waals surface area contributed by atoms with Crippen LogP contribution in [0.2, 0.25) is 5.02 Å². The maximum atomic E-state index is 12.0. The number of hydrogen-bond acceptors (Lipinski definition) is 4. The monoisotopic (exact) mass is 316 g/mol. The van der Waals surface area contributed by atoms with Crippen LogP contribution in [0.25, 0.3) is 0 Å². The lowest BCUT2D eigenvalue weighted by molar-refractivity contribution is 0.0949. The fraction of sp³-hybridized carbons (Fsp3) is 0.312. The van der Waals surface area contributed by atoms with Crippen molar-refractivity contribution >= 4 is 23.3 Å². The zero-order valence-corrected chi connectivity index (χ0v) is 12.8. The van der Waals surface area contributed by atoms with Crippen molar-refractivity contribution in [1.29, 1.82) is 0 Å². The van der Waals surface area contributed by atoms with Crippen LogP contribution in [0.1, 0.15) is 28.9 Å². The van der Waals surface area contributed by atoms with E-state index in [0.717, 1.165) is 17.8 Å². The van der Waals surface area contributed by atoms with Crippen molar-refractivity contribution in [2.75, 3.05) is 11.9 Å². The van der Waals surface area contributed by atoms with Gasteiger partial charge in [-0.25, -0.2) is 9.97 Å². The van der Waals surface area contributed by atoms with Gasteiger partial charge in [-0.15, -0.1) is 0 Å². The molecule has 114 valence electrons. The molecule has 6 heteroatoms. The summed E-state index contributed by atoms with van der Waals surface area (Å²) < 4.78 is 0. The highest BCUT2D eigenvalue weighted by Gasteiger charge is 2.21. The van der Waals surface area contributed by atoms with E-state index >= 15 is 0 Å². The largest absolute Gasteiger partial charge is 0.366 e. The van der Waals surface area contributed by atoms with Crippen LogP contribution in [0.4, 0.5) is 5.82 Å². The normalized spacial score (nSPS) is 13.7. The van der Waals surface area contributed by atoms with Crippen molar-refractivity contribution in [2.45, 2.75) is 25.3 Å². The Balaban J connectivity index is 1.48. The number of rotatable bonds is 6. The van der Waals surface area contributed by atoms with Gasteiger partial charge in [-0.1, -0.05) is 23.7 Å². The number of nitrogens with one attached hydrogen (secondary N) is 2. The van der Waals surface area contributed by atoms with E-state index < -0.39 is 0 Å². The van der Waals surface area contributed by atoms with E-state index in [1.54, 1.807) is 6.20 Å². The zero-order chi connectivity index (χ0) is 15.4. The number of amides is 1. The number of aromatic nitrogens is 2. The summed E-state index contributed by atoms with van der Waals surface area (Å²) in [4.78, 5) is 20.3. The quantitative estimate of drug-likeness (QED) is 0.860. The first-order chi connectivity index (χ1) is 10.7. The molecule has 1 aromatic carbocycles. The van der Waals surface area contributed by atoms with Crippen molar-refractivity contribution in [3.8, 4) is 0 Å². The van der Waals surface area contributed by atoms with Crippen LogP contribution in [0.5, 0.6) is 0 Å². The van der Waals surface area contributed by atoms with Crippen LogP contribution in [-0.4, -0.2) is 28.5 Å². The van der Waals surface area contributed by atoms with Crippen molar-refractivity contribution in [3.05, 3.63) is 52.9 Å². The van der Waals surface area contributed by atoms with E-state index in [9.17, 15) is 4.79 Å². The average Bonchev–Trinajstić information content (AvgIpc) is 3.32. The number of carbonyl (C=O) groups is 1. The minimum Gasteiger partial charge on any atom is -0.366 e. The Morgan fingerprint density at radius 1 is 1.27 bits per heavy atom. The second-order valence-corrected chi connectivity index (χ2v) is 5.78. The number of hydrogen-bond donors (Lipinski definition) is 2. The van der Waals surface area contributed by atoms with Gasteiger partial charge in [-0.2, -0.15) is 0 Å². The topological polar surface area (TPSA) is 66.9 Å². The molecule has 0 unspecified atom stereocenters. The molecule has 1 amide bonds. The van der Waals surface area contributed by atoms with Crippen LogP contribution in [0, 0.1) is 0 Å². The molecule has 1 aliphatic carbocycles. The molecule has 3 rings (SSSR count). The Kier molecular flexibility index (Phi) is 4.53. The minimum atomic E-state index is -0.215. The third-order valence-electron chi connectivity index (χ3n) is 3.40. The molecular weight excluding hydrogens is 300 g/mol. The minimum absolute atomic E-state index is 0.215. The molecule has 5 nitrogen and oxygen atoms in total. The first-order valence-corrected chi connectivity index (χ1v) is 7.70. The Hall–Kier alpha value is -2.14. The van der Waals surface area contributed by atoms with Crippen LogP contribution in [-0.2, 0) is 6.42 Å². The maximum absolute atomic E-state index is 12.0. The number of halogens is 1. The molecule has 1 aromatic heterocycles. The lowest BCUT2D eigenvalue weighted by Crippen LogP contribution is -2.26. The SMILES string of the molecule is O=C(NCCc1cccc(Cl)c1)c1cnc(NC2CC2)cn1. The summed E-state index contributed by atoms with van der Waals surface area (Å²) in [5, 5.41) is 6.77. The number of benzene rings is 1. The van der Waals surface area contributed by atoms with E-state index in [1.807, 2.05) is 24.3 Å². The second kappa shape index (κ2) is 6.75. The Morgan fingerprint density at radius 3 is 2.82 bits per heavy atom. The van der Waals surface area contributed by atoms with Gasteiger partial charge in [0, 0.05) is 17.6 Å². The zero-order valence-electron chi connectivity index (χ0n) is 12.1. The fourth-order valence-electron chi connectivity index (χ4n) is 2.06. The number of anilines is 1. The summed E-state index contributed by atoms with van der Waals surface area (Å²) in [5.41, 5.74) is 1.41. The van der Waals surface area contributed by atoms with Gasteiger partial charge in [0.2, 0.25) is 0 Å². The maximum Gasteiger partial charge on any atom is 0.271 e. The first-order valence-electron chi connectivity index (χ1n) is 7.32. The highest BCUT2D eigenvalue weighted by molar-refractivity contribution is 6.30. The van der Waals surface area contributed by atoms with Gasteiger partial charge in [0.25, 0.3) is 5.91 Å². The number of nitrogens with zero attached hydrogens (tertiary/aromatic N) is 2. The lowest BCUT2D eigenvalue weighted by atomic mass is 10.1. The van der Waals surface area contributed by atoms with Crippen LogP contribution in [0.3, 0.4) is 0 Å². The van der Waals surface area contributed by atoms with Gasteiger partial charge >= 0.3 is 0 Å². The third-order valence-corrected chi connectivity index (χ3v) is 3.64. The van der Waals surface area contributed by atoms with E-state index in [2.05, 4.69) is 20.6 Å². The highest BCUT2D eigenvalue weighted by Crippen LogP contribution is 2.23. The second-order valence-electron chi connectivity index (χ2n) is 5.34. The first kappa shape index (κ1) is 14.8. The summed E-state index contributed by atoms with van der Waals surface area (Å²) in [6.07, 6.45) is 6.17. The van der Waals surface area contributed by atoms with Gasteiger partial charge in [0.1, 0.15) is 11.5 Å². The molecule has 0 radical (unpaired) electrons. The molecule has 2 N–H and O–H groups in total. The summed E-state index contributed by atoms with van der Waals surface area (Å²) >= 11 is 5.93. The third kappa shape index (κ3) is 4.18. The molecule has 1 aliphatic rings. The van der Waals surface area contributed by atoms with Crippen LogP contribution < -0.4 is 10.6 Å². The Bertz CT molecular complexity index is 655. The molecule has 0 atom stereocenters. The molecule has 0 bridgehead atoms. The molecule has 1 fully saturated rings. The molecule has 0 saturated heterocycles. The van der Waals surface area contributed by atoms with Crippen LogP contribution in [0.15, 0.2) is 36.7 Å². The van der Waals surface area contributed by atoms with Crippen molar-refractivity contribution in [1.82, 2.24) is 15.3 Å². The van der Waals surface area contributed by atoms with E-state index in [0.29, 0.717) is 23.3 Å². The summed E-state index contributed by atoms with van der Waals surface area (Å²) in [6.45, 7) is 0.531. The predicted molar refractivity (Wildman–Crippen MR) is 86.2 cm³/mol. The highest BCUT2D eigenvalue weighted by atomic mass is 35.5. The van der Waals surface area contributed by atoms with Gasteiger partial charge in [0.15, 0.2) is 0 Å². The Morgan fingerprint density at radius 2 is 2.14 bits per heavy atom. The van der Waals surface area contributed by atoms with Gasteiger partial charge in [0.05, 0.1) is 12.4 Å². The van der Waals surface area contributed by atoms with Crippen LogP contribution >= 0.6 is 11.6 Å². The van der Waals surface area contributed by atoms with E-state index in [-0.39, 0.29) is 5.91 Å². The Labute approximate surface area is 134 Å². The molecule has 22 heavy (non-hydrogen) atoms. The van der Waals surface area contributed by atoms with Gasteiger partial charge < -0.3 is 10.6 Å². The van der Waals surface area contributed by atoms with Crippen molar-refractivity contribution in [2.24, 2.45) is 0 Å². The molecule has 1 heterocycles. The standard InChI is InChI=1S/C16H17ClN4O/c17-12-3-1-2-11(8-12)6-7-18-16(22)14-9-20-15(10-19-14)21-13-4-5-13/h1-3,8-10,13H,4-7H2,(H,18,22)(H,20,21). The lowest BCUT2D eigenvalue weighted by Gasteiger charge is -2.06. The fourth-order valence-corrected chi connectivity index (χ4v) is 2.27. The average molecular weight is 317 g/mol.